The van der Waals surface area contributed by atoms with E-state index in [0.29, 0.717) is 37.7 Å². The van der Waals surface area contributed by atoms with Crippen molar-refractivity contribution in [3.63, 3.8) is 0 Å². The summed E-state index contributed by atoms with van der Waals surface area (Å²) in [6.45, 7) is 4.58. The molecule has 1 aliphatic rings. The van der Waals surface area contributed by atoms with Crippen LogP contribution >= 0.6 is 0 Å². The van der Waals surface area contributed by atoms with E-state index in [2.05, 4.69) is 12.1 Å². The predicted octanol–water partition coefficient (Wildman–Crippen LogP) is 2.95. The maximum atomic E-state index is 12.4. The number of carbonyl (C=O) groups excluding carboxylic acids is 1. The van der Waals surface area contributed by atoms with Gasteiger partial charge in [-0.15, -0.1) is 0 Å². The molecule has 1 heterocycles. The summed E-state index contributed by atoms with van der Waals surface area (Å²) in [6.07, 6.45) is 0.905. The number of hydrogen-bond donors (Lipinski definition) is 0. The lowest BCUT2D eigenvalue weighted by Gasteiger charge is -2.33. The average Bonchev–Trinajstić information content (AvgIpc) is 2.73. The fraction of sp³-hybridized carbons (Fsp3) is 0.381. The molecule has 6 heteroatoms. The van der Waals surface area contributed by atoms with E-state index in [-0.39, 0.29) is 12.5 Å². The van der Waals surface area contributed by atoms with E-state index in [1.54, 1.807) is 4.90 Å². The number of ether oxygens (including phenoxy) is 1. The zero-order chi connectivity index (χ0) is 19.1. The molecule has 2 aromatic rings. The highest BCUT2D eigenvalue weighted by atomic mass is 32.2. The van der Waals surface area contributed by atoms with Gasteiger partial charge in [0.15, 0.2) is 6.61 Å². The van der Waals surface area contributed by atoms with E-state index in [1.165, 1.54) is 0 Å². The zero-order valence-electron chi connectivity index (χ0n) is 15.7. The van der Waals surface area contributed by atoms with Crippen molar-refractivity contribution in [1.29, 1.82) is 0 Å². The number of rotatable bonds is 7. The highest BCUT2D eigenvalue weighted by molar-refractivity contribution is 7.82. The predicted molar refractivity (Wildman–Crippen MR) is 109 cm³/mol. The Kier molecular flexibility index (Phi) is 7.01. The van der Waals surface area contributed by atoms with Gasteiger partial charge >= 0.3 is 0 Å². The van der Waals surface area contributed by atoms with Gasteiger partial charge < -0.3 is 9.64 Å². The lowest BCUT2D eigenvalue weighted by atomic mass is 10.1. The fourth-order valence-corrected chi connectivity index (χ4v) is 4.23. The molecule has 2 aromatic carbocycles. The van der Waals surface area contributed by atoms with Crippen molar-refractivity contribution >= 4 is 16.9 Å². The molecule has 0 saturated carbocycles. The second-order valence-corrected chi connectivity index (χ2v) is 8.08. The van der Waals surface area contributed by atoms with Gasteiger partial charge in [-0.25, -0.2) is 8.51 Å². The molecule has 3 rings (SSSR count). The summed E-state index contributed by atoms with van der Waals surface area (Å²) in [6, 6.07) is 17.9. The second kappa shape index (κ2) is 9.67. The van der Waals surface area contributed by atoms with Gasteiger partial charge in [0, 0.05) is 31.9 Å². The lowest BCUT2D eigenvalue weighted by molar-refractivity contribution is -0.134. The third-order valence-electron chi connectivity index (χ3n) is 4.58. The Bertz CT molecular complexity index is 757. The van der Waals surface area contributed by atoms with Crippen LogP contribution in [0.3, 0.4) is 0 Å². The van der Waals surface area contributed by atoms with Gasteiger partial charge in [0.2, 0.25) is 0 Å². The van der Waals surface area contributed by atoms with Crippen LogP contribution in [-0.4, -0.2) is 57.9 Å². The monoisotopic (exact) mass is 386 g/mol. The van der Waals surface area contributed by atoms with Crippen LogP contribution in [0.1, 0.15) is 13.3 Å². The highest BCUT2D eigenvalue weighted by Gasteiger charge is 2.24. The van der Waals surface area contributed by atoms with Crippen molar-refractivity contribution in [2.45, 2.75) is 13.3 Å². The summed E-state index contributed by atoms with van der Waals surface area (Å²) >= 11 is 0. The summed E-state index contributed by atoms with van der Waals surface area (Å²) in [4.78, 5) is 14.2. The van der Waals surface area contributed by atoms with Crippen molar-refractivity contribution in [3.05, 3.63) is 54.6 Å². The standard InChI is InChI=1S/C21H26N2O3S/c1-2-16-27(25)23-14-12-22(13-15-23)21(24)17-26-20-10-8-19(9-11-20)18-6-4-3-5-7-18/h3-11H,2,12-17H2,1H3. The zero-order valence-corrected chi connectivity index (χ0v) is 16.5. The minimum Gasteiger partial charge on any atom is -0.484 e. The molecule has 0 spiro atoms. The van der Waals surface area contributed by atoms with Gasteiger partial charge in [-0.3, -0.25) is 4.79 Å². The number of carbonyl (C=O) groups is 1. The van der Waals surface area contributed by atoms with E-state index in [1.807, 2.05) is 53.7 Å². The Balaban J connectivity index is 1.46. The number of nitrogens with zero attached hydrogens (tertiary/aromatic N) is 2. The number of piperazine rings is 1. The van der Waals surface area contributed by atoms with Crippen LogP contribution in [0.25, 0.3) is 11.1 Å². The topological polar surface area (TPSA) is 49.9 Å². The molecule has 1 atom stereocenters. The molecule has 27 heavy (non-hydrogen) atoms. The van der Waals surface area contributed by atoms with E-state index < -0.39 is 11.0 Å². The third-order valence-corrected chi connectivity index (χ3v) is 6.28. The molecule has 0 aliphatic carbocycles. The van der Waals surface area contributed by atoms with Gasteiger partial charge in [-0.1, -0.05) is 49.4 Å². The first-order valence-electron chi connectivity index (χ1n) is 9.37. The van der Waals surface area contributed by atoms with Gasteiger partial charge in [-0.2, -0.15) is 0 Å². The van der Waals surface area contributed by atoms with Crippen molar-refractivity contribution in [3.8, 4) is 16.9 Å². The van der Waals surface area contributed by atoms with Crippen LogP contribution in [0.2, 0.25) is 0 Å². The molecule has 1 fully saturated rings. The van der Waals surface area contributed by atoms with Crippen molar-refractivity contribution in [1.82, 2.24) is 9.21 Å². The molecule has 0 bridgehead atoms. The van der Waals surface area contributed by atoms with Crippen LogP contribution in [0.15, 0.2) is 54.6 Å². The number of amides is 1. The molecular weight excluding hydrogens is 360 g/mol. The molecule has 0 aromatic heterocycles. The van der Waals surface area contributed by atoms with Gasteiger partial charge in [-0.05, 0) is 29.7 Å². The van der Waals surface area contributed by atoms with E-state index in [0.717, 1.165) is 17.5 Å². The quantitative estimate of drug-likeness (QED) is 0.735. The van der Waals surface area contributed by atoms with Crippen LogP contribution in [0, 0.1) is 0 Å². The van der Waals surface area contributed by atoms with Gasteiger partial charge in [0.1, 0.15) is 5.75 Å². The summed E-state index contributed by atoms with van der Waals surface area (Å²) in [5, 5.41) is 0. The molecule has 144 valence electrons. The maximum Gasteiger partial charge on any atom is 0.260 e. The summed E-state index contributed by atoms with van der Waals surface area (Å²) in [7, 11) is -0.922. The molecule has 1 unspecified atom stereocenters. The minimum absolute atomic E-state index is 0.0249. The Morgan fingerprint density at radius 1 is 0.963 bits per heavy atom. The molecule has 0 N–H and O–H groups in total. The van der Waals surface area contributed by atoms with Crippen LogP contribution in [0.4, 0.5) is 0 Å². The SMILES string of the molecule is CCCS(=O)N1CCN(C(=O)COc2ccc(-c3ccccc3)cc2)CC1. The molecule has 0 radical (unpaired) electrons. The normalized spacial score (nSPS) is 16.1. The minimum atomic E-state index is -0.922. The largest absolute Gasteiger partial charge is 0.484 e. The average molecular weight is 387 g/mol. The Hall–Kier alpha value is -2.18. The van der Waals surface area contributed by atoms with Crippen LogP contribution < -0.4 is 4.74 Å². The summed E-state index contributed by atoms with van der Waals surface area (Å²) in [5.41, 5.74) is 2.27. The van der Waals surface area contributed by atoms with Crippen LogP contribution in [-0.2, 0) is 15.8 Å². The molecule has 1 amide bonds. The summed E-state index contributed by atoms with van der Waals surface area (Å²) in [5.74, 6) is 1.35. The first-order valence-corrected chi connectivity index (χ1v) is 10.6. The van der Waals surface area contributed by atoms with Crippen LogP contribution in [0.5, 0.6) is 5.75 Å². The lowest BCUT2D eigenvalue weighted by Crippen LogP contribution is -2.50. The Morgan fingerprint density at radius 3 is 2.22 bits per heavy atom. The fourth-order valence-electron chi connectivity index (χ4n) is 3.06. The Labute approximate surface area is 163 Å². The second-order valence-electron chi connectivity index (χ2n) is 6.51. The van der Waals surface area contributed by atoms with Crippen molar-refractivity contribution in [2.24, 2.45) is 0 Å². The number of benzene rings is 2. The summed E-state index contributed by atoms with van der Waals surface area (Å²) < 4.78 is 19.6. The van der Waals surface area contributed by atoms with Gasteiger partial charge in [0.25, 0.3) is 5.91 Å². The van der Waals surface area contributed by atoms with E-state index in [9.17, 15) is 9.00 Å². The van der Waals surface area contributed by atoms with Crippen molar-refractivity contribution < 1.29 is 13.7 Å². The van der Waals surface area contributed by atoms with E-state index >= 15 is 0 Å². The van der Waals surface area contributed by atoms with Crippen molar-refractivity contribution in [2.75, 3.05) is 38.5 Å². The smallest absolute Gasteiger partial charge is 0.260 e. The first kappa shape index (κ1) is 19.6. The van der Waals surface area contributed by atoms with E-state index in [4.69, 9.17) is 4.74 Å². The third kappa shape index (κ3) is 5.40. The number of hydrogen-bond acceptors (Lipinski definition) is 3. The molecular formula is C21H26N2O3S. The molecule has 5 nitrogen and oxygen atoms in total. The maximum absolute atomic E-state index is 12.4. The first-order chi connectivity index (χ1) is 13.2. The van der Waals surface area contributed by atoms with Gasteiger partial charge in [0.05, 0.1) is 11.0 Å². The Morgan fingerprint density at radius 2 is 1.59 bits per heavy atom. The molecule has 1 aliphatic heterocycles. The molecule has 1 saturated heterocycles. The highest BCUT2D eigenvalue weighted by Crippen LogP contribution is 2.22.